The number of rotatable bonds is 5. The van der Waals surface area contributed by atoms with Crippen molar-refractivity contribution in [3.8, 4) is 0 Å². The van der Waals surface area contributed by atoms with Gasteiger partial charge < -0.3 is 5.32 Å². The molecule has 5 unspecified atom stereocenters. The summed E-state index contributed by atoms with van der Waals surface area (Å²) in [6.07, 6.45) is 5.52. The minimum Gasteiger partial charge on any atom is -0.307 e. The molecular formula is C14H23N5. The van der Waals surface area contributed by atoms with Crippen molar-refractivity contribution in [1.82, 2.24) is 25.5 Å². The summed E-state index contributed by atoms with van der Waals surface area (Å²) in [5, 5.41) is 16.0. The molecule has 5 heteroatoms. The highest BCUT2D eigenvalue weighted by atomic mass is 15.6. The first-order valence-electron chi connectivity index (χ1n) is 7.82. The normalized spacial score (nSPS) is 40.4. The Hall–Kier alpha value is -0.970. The van der Waals surface area contributed by atoms with E-state index in [0.717, 1.165) is 42.5 Å². The molecule has 3 saturated carbocycles. The lowest BCUT2D eigenvalue weighted by Gasteiger charge is -2.15. The Kier molecular flexibility index (Phi) is 2.65. The minimum absolute atomic E-state index is 0.258. The molecule has 0 aromatic carbocycles. The monoisotopic (exact) mass is 261 g/mol. The summed E-state index contributed by atoms with van der Waals surface area (Å²) in [6, 6.07) is 0.871. The predicted octanol–water partition coefficient (Wildman–Crippen LogP) is 1.95. The van der Waals surface area contributed by atoms with Crippen molar-refractivity contribution in [2.75, 3.05) is 6.54 Å². The summed E-state index contributed by atoms with van der Waals surface area (Å²) < 4.78 is 2.15. The van der Waals surface area contributed by atoms with Gasteiger partial charge in [0.15, 0.2) is 5.82 Å². The van der Waals surface area contributed by atoms with E-state index in [9.17, 15) is 0 Å². The smallest absolute Gasteiger partial charge is 0.168 e. The van der Waals surface area contributed by atoms with Gasteiger partial charge in [-0.25, -0.2) is 4.68 Å². The highest BCUT2D eigenvalue weighted by Crippen LogP contribution is 2.71. The average Bonchev–Trinajstić information content (AvgIpc) is 2.85. The van der Waals surface area contributed by atoms with Crippen LogP contribution >= 0.6 is 0 Å². The Bertz CT molecular complexity index is 454. The molecule has 3 aliphatic carbocycles. The molecule has 0 amide bonds. The van der Waals surface area contributed by atoms with E-state index in [1.54, 1.807) is 0 Å². The zero-order valence-corrected chi connectivity index (χ0v) is 11.8. The fourth-order valence-electron chi connectivity index (χ4n) is 4.76. The number of nitrogens with zero attached hydrogens (tertiary/aromatic N) is 4. The van der Waals surface area contributed by atoms with Crippen molar-refractivity contribution < 1.29 is 0 Å². The Morgan fingerprint density at radius 2 is 2.05 bits per heavy atom. The van der Waals surface area contributed by atoms with Crippen LogP contribution < -0.4 is 5.32 Å². The van der Waals surface area contributed by atoms with Crippen LogP contribution in [0.3, 0.4) is 0 Å². The molecule has 5 atom stereocenters. The molecule has 1 heterocycles. The van der Waals surface area contributed by atoms with Crippen LogP contribution in [0.1, 0.15) is 57.4 Å². The molecule has 1 aromatic rings. The van der Waals surface area contributed by atoms with Crippen LogP contribution in [0.25, 0.3) is 0 Å². The zero-order chi connectivity index (χ0) is 13.0. The molecule has 2 bridgehead atoms. The van der Waals surface area contributed by atoms with Gasteiger partial charge in [0, 0.05) is 0 Å². The third kappa shape index (κ3) is 1.67. The second-order valence-electron chi connectivity index (χ2n) is 6.64. The van der Waals surface area contributed by atoms with Gasteiger partial charge in [0.25, 0.3) is 0 Å². The van der Waals surface area contributed by atoms with Crippen LogP contribution in [0.15, 0.2) is 0 Å². The minimum atomic E-state index is 0.258. The Morgan fingerprint density at radius 3 is 2.74 bits per heavy atom. The van der Waals surface area contributed by atoms with Crippen molar-refractivity contribution in [2.24, 2.45) is 23.7 Å². The van der Waals surface area contributed by atoms with Gasteiger partial charge in [-0.15, -0.1) is 5.10 Å². The Morgan fingerprint density at radius 1 is 1.32 bits per heavy atom. The van der Waals surface area contributed by atoms with Gasteiger partial charge in [-0.1, -0.05) is 6.92 Å². The van der Waals surface area contributed by atoms with E-state index in [0.29, 0.717) is 6.04 Å². The van der Waals surface area contributed by atoms with Gasteiger partial charge in [-0.3, -0.25) is 0 Å². The van der Waals surface area contributed by atoms with Crippen LogP contribution in [0.5, 0.6) is 0 Å². The topological polar surface area (TPSA) is 55.6 Å². The summed E-state index contributed by atoms with van der Waals surface area (Å²) >= 11 is 0. The SMILES string of the molecule is CCCNC(C)c1nnnn1C1C2C3CCC(C3)C21. The molecule has 0 spiro atoms. The van der Waals surface area contributed by atoms with Crippen LogP contribution in [-0.2, 0) is 0 Å². The van der Waals surface area contributed by atoms with Crippen molar-refractivity contribution in [3.05, 3.63) is 5.82 Å². The van der Waals surface area contributed by atoms with E-state index in [-0.39, 0.29) is 6.04 Å². The maximum atomic E-state index is 4.30. The van der Waals surface area contributed by atoms with Crippen molar-refractivity contribution in [3.63, 3.8) is 0 Å². The van der Waals surface area contributed by atoms with Gasteiger partial charge in [0.05, 0.1) is 12.1 Å². The van der Waals surface area contributed by atoms with Crippen LogP contribution in [0.4, 0.5) is 0 Å². The molecule has 5 nitrogen and oxygen atoms in total. The second-order valence-corrected chi connectivity index (χ2v) is 6.64. The number of tetrazole rings is 1. The molecular weight excluding hydrogens is 238 g/mol. The molecule has 104 valence electrons. The quantitative estimate of drug-likeness (QED) is 0.880. The molecule has 4 rings (SSSR count). The third-order valence-corrected chi connectivity index (χ3v) is 5.58. The van der Waals surface area contributed by atoms with Gasteiger partial charge in [0.1, 0.15) is 0 Å². The second kappa shape index (κ2) is 4.27. The predicted molar refractivity (Wildman–Crippen MR) is 71.4 cm³/mol. The van der Waals surface area contributed by atoms with E-state index >= 15 is 0 Å². The first-order valence-corrected chi connectivity index (χ1v) is 7.82. The summed E-state index contributed by atoms with van der Waals surface area (Å²) in [7, 11) is 0. The molecule has 0 radical (unpaired) electrons. The number of aromatic nitrogens is 4. The molecule has 1 N–H and O–H groups in total. The maximum Gasteiger partial charge on any atom is 0.168 e. The zero-order valence-electron chi connectivity index (χ0n) is 11.8. The van der Waals surface area contributed by atoms with Crippen LogP contribution in [-0.4, -0.2) is 26.8 Å². The van der Waals surface area contributed by atoms with Gasteiger partial charge in [-0.2, -0.15) is 0 Å². The van der Waals surface area contributed by atoms with E-state index in [4.69, 9.17) is 0 Å². The van der Waals surface area contributed by atoms with Gasteiger partial charge in [0.2, 0.25) is 0 Å². The number of hydrogen-bond acceptors (Lipinski definition) is 4. The standard InChI is InChI=1S/C14H23N5/c1-3-6-15-8(2)14-16-17-18-19(14)13-11-9-4-5-10(7-9)12(11)13/h8-13,15H,3-7H2,1-2H3. The first-order chi connectivity index (χ1) is 9.31. The molecule has 3 fully saturated rings. The van der Waals surface area contributed by atoms with Crippen molar-refractivity contribution in [1.29, 1.82) is 0 Å². The maximum absolute atomic E-state index is 4.30. The summed E-state index contributed by atoms with van der Waals surface area (Å²) in [4.78, 5) is 0. The molecule has 3 aliphatic rings. The molecule has 0 aliphatic heterocycles. The van der Waals surface area contributed by atoms with Crippen molar-refractivity contribution in [2.45, 2.75) is 51.6 Å². The fourth-order valence-corrected chi connectivity index (χ4v) is 4.76. The lowest BCUT2D eigenvalue weighted by atomic mass is 10.0. The Labute approximate surface area is 114 Å². The summed E-state index contributed by atoms with van der Waals surface area (Å²) in [6.45, 7) is 5.38. The molecule has 0 saturated heterocycles. The van der Waals surface area contributed by atoms with E-state index < -0.39 is 0 Å². The lowest BCUT2D eigenvalue weighted by molar-refractivity contribution is 0.401. The van der Waals surface area contributed by atoms with E-state index in [2.05, 4.69) is 39.4 Å². The first kappa shape index (κ1) is 11.8. The summed E-state index contributed by atoms with van der Waals surface area (Å²) in [5.41, 5.74) is 0. The highest BCUT2D eigenvalue weighted by Gasteiger charge is 2.66. The Balaban J connectivity index is 1.53. The van der Waals surface area contributed by atoms with E-state index in [1.165, 1.54) is 19.3 Å². The fraction of sp³-hybridized carbons (Fsp3) is 0.929. The lowest BCUT2D eigenvalue weighted by Crippen LogP contribution is -2.23. The van der Waals surface area contributed by atoms with Crippen molar-refractivity contribution >= 4 is 0 Å². The average molecular weight is 261 g/mol. The largest absolute Gasteiger partial charge is 0.307 e. The number of hydrogen-bond donors (Lipinski definition) is 1. The molecule has 19 heavy (non-hydrogen) atoms. The number of fused-ring (bicyclic) bond motifs is 5. The third-order valence-electron chi connectivity index (χ3n) is 5.58. The van der Waals surface area contributed by atoms with E-state index in [1.807, 2.05) is 0 Å². The van der Waals surface area contributed by atoms with Gasteiger partial charge in [-0.05, 0) is 73.3 Å². The summed E-state index contributed by atoms with van der Waals surface area (Å²) in [5.74, 6) is 4.75. The molecule has 1 aromatic heterocycles. The highest BCUT2D eigenvalue weighted by molar-refractivity contribution is 5.16. The van der Waals surface area contributed by atoms with Gasteiger partial charge >= 0.3 is 0 Å². The number of nitrogens with one attached hydrogen (secondary N) is 1. The van der Waals surface area contributed by atoms with Crippen LogP contribution in [0, 0.1) is 23.7 Å². The van der Waals surface area contributed by atoms with Crippen LogP contribution in [0.2, 0.25) is 0 Å².